The molecule has 0 saturated heterocycles. The molecular weight excluding hydrogens is 855 g/mol. The fraction of sp³-hybridized carbons (Fsp3) is 0.125. The van der Waals surface area contributed by atoms with Crippen LogP contribution in [0.4, 0.5) is 34.1 Å². The summed E-state index contributed by atoms with van der Waals surface area (Å²) in [5, 5.41) is 0. The van der Waals surface area contributed by atoms with E-state index < -0.39 is 0 Å². The minimum Gasteiger partial charge on any atom is -0.497 e. The number of benzene rings is 6. The Labute approximate surface area is 372 Å². The van der Waals surface area contributed by atoms with Gasteiger partial charge in [-0.2, -0.15) is 0 Å². The molecule has 0 spiro atoms. The number of hydrogen-bond acceptors (Lipinski definition) is 6. The third kappa shape index (κ3) is 22.3. The van der Waals surface area contributed by atoms with Gasteiger partial charge in [-0.3, -0.25) is 0 Å². The molecular formula is C48H42N6O6Tc+6. The maximum absolute atomic E-state index is 6.66. The van der Waals surface area contributed by atoms with Crippen molar-refractivity contribution in [2.45, 2.75) is 0 Å². The molecule has 0 N–H and O–H groups in total. The zero-order chi connectivity index (χ0) is 44.4. The van der Waals surface area contributed by atoms with E-state index in [0.29, 0.717) is 34.1 Å². The molecule has 6 aromatic rings. The average molecular weight is 897 g/mol. The van der Waals surface area contributed by atoms with E-state index in [4.69, 9.17) is 67.9 Å². The molecule has 12 nitrogen and oxygen atoms in total. The Bertz CT molecular complexity index is 1920. The van der Waals surface area contributed by atoms with Crippen molar-refractivity contribution in [3.63, 3.8) is 0 Å². The maximum atomic E-state index is 6.66. The third-order valence-electron chi connectivity index (χ3n) is 7.21. The van der Waals surface area contributed by atoms with Gasteiger partial charge < -0.3 is 28.4 Å². The van der Waals surface area contributed by atoms with Crippen molar-refractivity contribution in [3.05, 3.63) is 214 Å². The van der Waals surface area contributed by atoms with Crippen LogP contribution in [-0.4, -0.2) is 42.7 Å². The van der Waals surface area contributed by atoms with Crippen LogP contribution in [0.15, 0.2) is 146 Å². The molecule has 301 valence electrons. The van der Waals surface area contributed by atoms with Crippen LogP contribution in [0, 0.1) is 39.4 Å². The van der Waals surface area contributed by atoms with E-state index in [1.165, 1.54) is 0 Å². The number of rotatable bonds is 6. The summed E-state index contributed by atoms with van der Waals surface area (Å²) < 4.78 is 29.5. The van der Waals surface area contributed by atoms with Gasteiger partial charge in [0.25, 0.3) is 0 Å². The van der Waals surface area contributed by atoms with Crippen molar-refractivity contribution in [1.29, 1.82) is 0 Å². The molecule has 0 aliphatic rings. The zero-order valence-corrected chi connectivity index (χ0v) is 36.2. The fourth-order valence-corrected chi connectivity index (χ4v) is 3.94. The Hall–Kier alpha value is -8.29. The zero-order valence-electron chi connectivity index (χ0n) is 34.4. The van der Waals surface area contributed by atoms with Gasteiger partial charge in [-0.15, -0.1) is 0 Å². The molecule has 0 saturated carbocycles. The first-order valence-electron chi connectivity index (χ1n) is 17.3. The number of nitrogens with zero attached hydrogens (tertiary/aromatic N) is 6. The van der Waals surface area contributed by atoms with E-state index >= 15 is 0 Å². The molecule has 0 aliphatic carbocycles. The Balaban J connectivity index is 0.000000706. The minimum atomic E-state index is 0. The summed E-state index contributed by atoms with van der Waals surface area (Å²) in [6.07, 6.45) is 0. The van der Waals surface area contributed by atoms with Crippen LogP contribution in [0.2, 0.25) is 0 Å². The first-order chi connectivity index (χ1) is 29.2. The summed E-state index contributed by atoms with van der Waals surface area (Å²) in [5.74, 6) is 4.71. The van der Waals surface area contributed by atoms with Gasteiger partial charge in [0.1, 0.15) is 34.5 Å². The van der Waals surface area contributed by atoms with E-state index in [2.05, 4.69) is 29.1 Å². The second kappa shape index (κ2) is 32.8. The van der Waals surface area contributed by atoms with E-state index in [9.17, 15) is 0 Å². The van der Waals surface area contributed by atoms with Gasteiger partial charge in [-0.1, -0.05) is 72.8 Å². The van der Waals surface area contributed by atoms with E-state index in [1.807, 2.05) is 0 Å². The Morgan fingerprint density at radius 2 is 0.328 bits per heavy atom. The second-order valence-electron chi connectivity index (χ2n) is 10.9. The van der Waals surface area contributed by atoms with Crippen LogP contribution in [-0.2, 0) is 20.1 Å². The van der Waals surface area contributed by atoms with Crippen LogP contribution in [0.5, 0.6) is 34.5 Å². The molecule has 0 amide bonds. The Morgan fingerprint density at radius 1 is 0.230 bits per heavy atom. The van der Waals surface area contributed by atoms with Gasteiger partial charge >= 0.3 is 20.1 Å². The molecule has 6 rings (SSSR count). The Morgan fingerprint density at radius 3 is 0.393 bits per heavy atom. The topological polar surface area (TPSA) is 81.5 Å². The van der Waals surface area contributed by atoms with Crippen molar-refractivity contribution in [2.24, 2.45) is 0 Å². The molecule has 61 heavy (non-hydrogen) atoms. The molecule has 0 fully saturated rings. The third-order valence-corrected chi connectivity index (χ3v) is 7.21. The van der Waals surface area contributed by atoms with Crippen molar-refractivity contribution in [3.8, 4) is 34.5 Å². The molecule has 6 aromatic carbocycles. The molecule has 0 aliphatic heterocycles. The SMILES string of the molecule is [C-]#[N+]c1ccc(OC)cc1.[C-]#[N+]c1ccc(OC)cc1.[C-]#[N+]c1ccc(OC)cc1.[C-]#[N+]c1ccc(OC)cc1.[C-]#[N+]c1ccc(OC)cc1.[C-]#[N+]c1ccc(OC)cc1.[Tc+6]. The maximum Gasteiger partial charge on any atom is 6.00 e. The number of ether oxygens (including phenoxy) is 6. The van der Waals surface area contributed by atoms with Crippen LogP contribution < -0.4 is 28.4 Å². The van der Waals surface area contributed by atoms with Gasteiger partial charge in [0.15, 0.2) is 34.1 Å². The Kier molecular flexibility index (Phi) is 28.3. The summed E-state index contributed by atoms with van der Waals surface area (Å²) in [6.45, 7) is 39.9. The molecule has 0 heterocycles. The van der Waals surface area contributed by atoms with Crippen LogP contribution in [0.1, 0.15) is 0 Å². The molecule has 0 bridgehead atoms. The largest absolute Gasteiger partial charge is 6.00 e. The number of hydrogen-bond donors (Lipinski definition) is 0. The van der Waals surface area contributed by atoms with Gasteiger partial charge in [0.2, 0.25) is 0 Å². The summed E-state index contributed by atoms with van der Waals surface area (Å²) >= 11 is 0. The first kappa shape index (κ1) is 52.7. The second-order valence-corrected chi connectivity index (χ2v) is 10.9. The van der Waals surface area contributed by atoms with Gasteiger partial charge in [0.05, 0.1) is 82.1 Å². The van der Waals surface area contributed by atoms with E-state index in [1.54, 1.807) is 188 Å². The summed E-state index contributed by atoms with van der Waals surface area (Å²) in [7, 11) is 9.62. The predicted molar refractivity (Wildman–Crippen MR) is 236 cm³/mol. The van der Waals surface area contributed by atoms with Crippen LogP contribution in [0.3, 0.4) is 0 Å². The molecule has 13 heteroatoms. The quantitative estimate of drug-likeness (QED) is 0.155. The molecule has 0 unspecified atom stereocenters. The van der Waals surface area contributed by atoms with Crippen molar-refractivity contribution >= 4 is 34.1 Å². The van der Waals surface area contributed by atoms with Crippen LogP contribution in [0.25, 0.3) is 29.1 Å². The molecule has 1 radical (unpaired) electrons. The summed E-state index contributed by atoms with van der Waals surface area (Å²) in [5.41, 5.74) is 3.84. The standard InChI is InChI=1S/6C8H7NO.Tc/c6*1-9-7-3-5-8(10-2)6-4-7;/h6*3-6H,2H3;/q;;;;;;+6. The first-order valence-corrected chi connectivity index (χ1v) is 17.3. The van der Waals surface area contributed by atoms with Crippen LogP contribution >= 0.6 is 0 Å². The normalized spacial score (nSPS) is 8.26. The molecule has 0 atom stereocenters. The van der Waals surface area contributed by atoms with Gasteiger partial charge in [-0.25, -0.2) is 29.1 Å². The minimum absolute atomic E-state index is 0. The summed E-state index contributed by atoms with van der Waals surface area (Å²) in [6, 6.07) is 42.0. The van der Waals surface area contributed by atoms with Crippen molar-refractivity contribution in [1.82, 2.24) is 0 Å². The summed E-state index contributed by atoms with van der Waals surface area (Å²) in [4.78, 5) is 19.4. The number of methoxy groups -OCH3 is 6. The smallest absolute Gasteiger partial charge is 0.497 e. The van der Waals surface area contributed by atoms with E-state index in [0.717, 1.165) is 34.5 Å². The predicted octanol–water partition coefficient (Wildman–Crippen LogP) is 13.5. The fourth-order valence-electron chi connectivity index (χ4n) is 3.94. The van der Waals surface area contributed by atoms with E-state index in [-0.39, 0.29) is 20.1 Å². The van der Waals surface area contributed by atoms with Crippen molar-refractivity contribution < 1.29 is 48.5 Å². The molecule has 0 aromatic heterocycles. The van der Waals surface area contributed by atoms with Gasteiger partial charge in [-0.05, 0) is 72.8 Å². The van der Waals surface area contributed by atoms with Gasteiger partial charge in [0, 0.05) is 0 Å². The monoisotopic (exact) mass is 895 g/mol. The van der Waals surface area contributed by atoms with Crippen molar-refractivity contribution in [2.75, 3.05) is 42.7 Å². The average Bonchev–Trinajstić information content (AvgIpc) is 3.35.